The van der Waals surface area contributed by atoms with Gasteiger partial charge in [0.15, 0.2) is 0 Å². The van der Waals surface area contributed by atoms with E-state index in [-0.39, 0.29) is 6.10 Å². The normalized spacial score (nSPS) is 21.6. The van der Waals surface area contributed by atoms with Crippen LogP contribution in [-0.4, -0.2) is 12.7 Å². The SMILES string of the molecule is NC(CC1CCCO1)c1ccc(C(F)(F)F)c(F)c1. The molecule has 2 rings (SSSR count). The quantitative estimate of drug-likeness (QED) is 0.859. The van der Waals surface area contributed by atoms with Crippen LogP contribution in [0.5, 0.6) is 0 Å². The van der Waals surface area contributed by atoms with Crippen molar-refractivity contribution in [2.75, 3.05) is 6.61 Å². The second kappa shape index (κ2) is 5.46. The first kappa shape index (κ1) is 14.3. The molecule has 2 N–H and O–H groups in total. The Kier molecular flexibility index (Phi) is 4.10. The molecule has 2 atom stereocenters. The molecule has 1 heterocycles. The lowest BCUT2D eigenvalue weighted by Crippen LogP contribution is -2.19. The molecule has 0 aromatic heterocycles. The van der Waals surface area contributed by atoms with Crippen LogP contribution >= 0.6 is 0 Å². The Labute approximate surface area is 108 Å². The number of ether oxygens (including phenoxy) is 1. The van der Waals surface area contributed by atoms with E-state index in [1.54, 1.807) is 0 Å². The van der Waals surface area contributed by atoms with Crippen LogP contribution in [0.25, 0.3) is 0 Å². The van der Waals surface area contributed by atoms with Crippen LogP contribution in [0.4, 0.5) is 17.6 Å². The van der Waals surface area contributed by atoms with Gasteiger partial charge in [-0.05, 0) is 37.0 Å². The molecule has 1 aliphatic rings. The highest BCUT2D eigenvalue weighted by atomic mass is 19.4. The molecule has 106 valence electrons. The molecule has 0 saturated carbocycles. The van der Waals surface area contributed by atoms with E-state index in [2.05, 4.69) is 0 Å². The summed E-state index contributed by atoms with van der Waals surface area (Å²) in [6.45, 7) is 0.679. The van der Waals surface area contributed by atoms with Crippen LogP contribution < -0.4 is 5.73 Å². The topological polar surface area (TPSA) is 35.2 Å². The van der Waals surface area contributed by atoms with E-state index < -0.39 is 23.6 Å². The highest BCUT2D eigenvalue weighted by Gasteiger charge is 2.34. The molecule has 0 amide bonds. The third kappa shape index (κ3) is 3.45. The van der Waals surface area contributed by atoms with Gasteiger partial charge in [-0.25, -0.2) is 4.39 Å². The van der Waals surface area contributed by atoms with Crippen LogP contribution in [0, 0.1) is 5.82 Å². The second-order valence-corrected chi connectivity index (χ2v) is 4.71. The average Bonchev–Trinajstić information content (AvgIpc) is 2.79. The van der Waals surface area contributed by atoms with Gasteiger partial charge < -0.3 is 10.5 Å². The van der Waals surface area contributed by atoms with Crippen LogP contribution in [0.3, 0.4) is 0 Å². The number of hydrogen-bond acceptors (Lipinski definition) is 2. The minimum atomic E-state index is -4.68. The van der Waals surface area contributed by atoms with Gasteiger partial charge in [0.25, 0.3) is 0 Å². The Hall–Kier alpha value is -1.14. The van der Waals surface area contributed by atoms with E-state index in [0.717, 1.165) is 25.0 Å². The number of benzene rings is 1. The minimum absolute atomic E-state index is 0.0142. The number of nitrogens with two attached hydrogens (primary N) is 1. The zero-order chi connectivity index (χ0) is 14.0. The van der Waals surface area contributed by atoms with Crippen molar-refractivity contribution in [3.05, 3.63) is 35.1 Å². The fourth-order valence-corrected chi connectivity index (χ4v) is 2.24. The molecule has 0 bridgehead atoms. The predicted octanol–water partition coefficient (Wildman–Crippen LogP) is 3.41. The summed E-state index contributed by atoms with van der Waals surface area (Å²) in [5.74, 6) is -1.28. The van der Waals surface area contributed by atoms with Crippen molar-refractivity contribution < 1.29 is 22.3 Å². The van der Waals surface area contributed by atoms with Crippen molar-refractivity contribution >= 4 is 0 Å². The van der Waals surface area contributed by atoms with Crippen LogP contribution in [-0.2, 0) is 10.9 Å². The summed E-state index contributed by atoms with van der Waals surface area (Å²) in [5, 5.41) is 0. The average molecular weight is 277 g/mol. The molecule has 19 heavy (non-hydrogen) atoms. The molecule has 2 nitrogen and oxygen atoms in total. The predicted molar refractivity (Wildman–Crippen MR) is 61.9 cm³/mol. The zero-order valence-corrected chi connectivity index (χ0v) is 10.2. The maximum atomic E-state index is 13.4. The lowest BCUT2D eigenvalue weighted by Gasteiger charge is -2.17. The first-order chi connectivity index (χ1) is 8.88. The standard InChI is InChI=1S/C13H15F4NO/c14-11-6-8(3-4-10(11)13(15,16)17)12(18)7-9-2-1-5-19-9/h3-4,6,9,12H,1-2,5,7,18H2. The number of alkyl halides is 3. The summed E-state index contributed by atoms with van der Waals surface area (Å²) in [4.78, 5) is 0. The monoisotopic (exact) mass is 277 g/mol. The molecule has 2 unspecified atom stereocenters. The Balaban J connectivity index is 2.10. The Morgan fingerprint density at radius 3 is 2.63 bits per heavy atom. The van der Waals surface area contributed by atoms with Gasteiger partial charge >= 0.3 is 6.18 Å². The molecular weight excluding hydrogens is 262 g/mol. The molecule has 6 heteroatoms. The Bertz CT molecular complexity index is 441. The highest BCUT2D eigenvalue weighted by molar-refractivity contribution is 5.28. The molecule has 1 aromatic rings. The number of rotatable bonds is 3. The van der Waals surface area contributed by atoms with Gasteiger partial charge in [0.1, 0.15) is 5.82 Å². The third-order valence-electron chi connectivity index (χ3n) is 3.27. The third-order valence-corrected chi connectivity index (χ3v) is 3.27. The van der Waals surface area contributed by atoms with Crippen molar-refractivity contribution in [1.29, 1.82) is 0 Å². The summed E-state index contributed by atoms with van der Waals surface area (Å²) in [7, 11) is 0. The van der Waals surface area contributed by atoms with Crippen molar-refractivity contribution in [3.8, 4) is 0 Å². The van der Waals surface area contributed by atoms with Gasteiger partial charge in [-0.15, -0.1) is 0 Å². The molecule has 0 aliphatic carbocycles. The smallest absolute Gasteiger partial charge is 0.378 e. The first-order valence-corrected chi connectivity index (χ1v) is 6.12. The molecule has 1 aliphatic heterocycles. The summed E-state index contributed by atoms with van der Waals surface area (Å²) < 4.78 is 56.1. The van der Waals surface area contributed by atoms with Crippen LogP contribution in [0.1, 0.15) is 36.4 Å². The van der Waals surface area contributed by atoms with E-state index >= 15 is 0 Å². The van der Waals surface area contributed by atoms with Gasteiger partial charge in [-0.1, -0.05) is 6.07 Å². The van der Waals surface area contributed by atoms with Gasteiger partial charge in [0, 0.05) is 12.6 Å². The number of hydrogen-bond donors (Lipinski definition) is 1. The minimum Gasteiger partial charge on any atom is -0.378 e. The van der Waals surface area contributed by atoms with Crippen molar-refractivity contribution in [1.82, 2.24) is 0 Å². The lowest BCUT2D eigenvalue weighted by molar-refractivity contribution is -0.140. The fourth-order valence-electron chi connectivity index (χ4n) is 2.24. The Morgan fingerprint density at radius 2 is 2.11 bits per heavy atom. The maximum Gasteiger partial charge on any atom is 0.419 e. The van der Waals surface area contributed by atoms with Crippen molar-refractivity contribution in [2.24, 2.45) is 5.73 Å². The van der Waals surface area contributed by atoms with Crippen LogP contribution in [0.15, 0.2) is 18.2 Å². The van der Waals surface area contributed by atoms with Gasteiger partial charge in [0.2, 0.25) is 0 Å². The largest absolute Gasteiger partial charge is 0.419 e. The van der Waals surface area contributed by atoms with E-state index in [4.69, 9.17) is 10.5 Å². The van der Waals surface area contributed by atoms with Gasteiger partial charge in [0.05, 0.1) is 11.7 Å². The first-order valence-electron chi connectivity index (χ1n) is 6.12. The zero-order valence-electron chi connectivity index (χ0n) is 10.2. The number of halogens is 4. The van der Waals surface area contributed by atoms with Crippen molar-refractivity contribution in [2.45, 2.75) is 37.6 Å². The van der Waals surface area contributed by atoms with Gasteiger partial charge in [-0.3, -0.25) is 0 Å². The molecular formula is C13H15F4NO. The van der Waals surface area contributed by atoms with E-state index in [1.165, 1.54) is 6.07 Å². The molecule has 0 radical (unpaired) electrons. The molecule has 0 spiro atoms. The maximum absolute atomic E-state index is 13.4. The fraction of sp³-hybridized carbons (Fsp3) is 0.538. The van der Waals surface area contributed by atoms with Crippen molar-refractivity contribution in [3.63, 3.8) is 0 Å². The summed E-state index contributed by atoms with van der Waals surface area (Å²) in [6, 6.07) is 2.31. The summed E-state index contributed by atoms with van der Waals surface area (Å²) >= 11 is 0. The summed E-state index contributed by atoms with van der Waals surface area (Å²) in [5.41, 5.74) is 4.97. The van der Waals surface area contributed by atoms with Crippen LogP contribution in [0.2, 0.25) is 0 Å². The summed E-state index contributed by atoms with van der Waals surface area (Å²) in [6.07, 6.45) is -2.33. The van der Waals surface area contributed by atoms with Gasteiger partial charge in [-0.2, -0.15) is 13.2 Å². The Morgan fingerprint density at radius 1 is 1.37 bits per heavy atom. The lowest BCUT2D eigenvalue weighted by atomic mass is 9.98. The van der Waals surface area contributed by atoms with E-state index in [9.17, 15) is 17.6 Å². The molecule has 1 fully saturated rings. The molecule has 1 aromatic carbocycles. The van der Waals surface area contributed by atoms with E-state index in [0.29, 0.717) is 18.6 Å². The highest BCUT2D eigenvalue weighted by Crippen LogP contribution is 2.33. The van der Waals surface area contributed by atoms with E-state index in [1.807, 2.05) is 0 Å². The molecule has 1 saturated heterocycles. The second-order valence-electron chi connectivity index (χ2n) is 4.71.